The first-order valence-corrected chi connectivity index (χ1v) is 23.9. The Labute approximate surface area is 363 Å². The summed E-state index contributed by atoms with van der Waals surface area (Å²) in [6.07, 6.45) is 8.87. The van der Waals surface area contributed by atoms with Crippen LogP contribution in [0, 0.1) is 11.3 Å². The molecule has 5 heteroatoms. The molecular formula is C51H46Cl4Zr. The second-order valence-corrected chi connectivity index (χ2v) is 22.8. The van der Waals surface area contributed by atoms with E-state index < -0.39 is 21.3 Å². The molecule has 0 amide bonds. The number of benzene rings is 6. The Balaban J connectivity index is 0.00000266. The third-order valence-electron chi connectivity index (χ3n) is 11.2. The van der Waals surface area contributed by atoms with Gasteiger partial charge in [0.05, 0.1) is 0 Å². The fourth-order valence-electron chi connectivity index (χ4n) is 8.39. The largest absolute Gasteiger partial charge is 1.00 e. The maximum Gasteiger partial charge on any atom is -1.00 e. The van der Waals surface area contributed by atoms with Gasteiger partial charge in [-0.05, 0) is 0 Å². The first kappa shape index (κ1) is 42.3. The van der Waals surface area contributed by atoms with Gasteiger partial charge in [-0.2, -0.15) is 0 Å². The number of fused-ring (bicyclic) bond motifs is 3. The zero-order chi connectivity index (χ0) is 37.4. The maximum absolute atomic E-state index is 6.62. The van der Waals surface area contributed by atoms with Crippen molar-refractivity contribution in [2.75, 3.05) is 0 Å². The standard InChI is InChI=1S/C25H17.C13H8Cl2.C13H21.2ClH.Zr/c1-3-7-18(8-4-1)20-11-13-24-22(15-20)17-23-16-21(12-14-25(23)24)19-9-5-2-6-10-19;14-12-5-1-10(2-6-12)9-11-3-7-13(15)8-4-11;1-5-6-7-11-8-9-12(10-11)13(2,3)4;;;/h1-17H;1-8H;9-11H,5-7H2,1-4H3;2*1H;/q;;;;;+2/p-2. The molecule has 0 radical (unpaired) electrons. The Bertz CT molecular complexity index is 2270. The molecule has 0 aliphatic heterocycles. The van der Waals surface area contributed by atoms with Crippen LogP contribution in [0.25, 0.3) is 33.4 Å². The zero-order valence-corrected chi connectivity index (χ0v) is 37.8. The van der Waals surface area contributed by atoms with E-state index in [2.05, 4.69) is 185 Å². The quantitative estimate of drug-likeness (QED) is 0.136. The van der Waals surface area contributed by atoms with E-state index in [0.29, 0.717) is 5.92 Å². The van der Waals surface area contributed by atoms with Crippen LogP contribution in [0.1, 0.15) is 72.8 Å². The van der Waals surface area contributed by atoms with Crippen LogP contribution in [-0.2, 0) is 21.3 Å². The Hall–Kier alpha value is -3.29. The second kappa shape index (κ2) is 18.1. The van der Waals surface area contributed by atoms with Gasteiger partial charge in [0, 0.05) is 0 Å². The molecule has 282 valence electrons. The molecule has 1 atom stereocenters. The van der Waals surface area contributed by atoms with E-state index in [4.69, 9.17) is 23.2 Å². The van der Waals surface area contributed by atoms with Crippen molar-refractivity contribution in [2.45, 2.75) is 50.6 Å². The number of hydrogen-bond acceptors (Lipinski definition) is 0. The van der Waals surface area contributed by atoms with Gasteiger partial charge in [-0.3, -0.25) is 0 Å². The van der Waals surface area contributed by atoms with Crippen molar-refractivity contribution in [3.63, 3.8) is 0 Å². The van der Waals surface area contributed by atoms with Crippen molar-refractivity contribution in [1.29, 1.82) is 0 Å². The van der Waals surface area contributed by atoms with Crippen LogP contribution < -0.4 is 24.8 Å². The first-order chi connectivity index (χ1) is 26.2. The fraction of sp³-hybridized carbons (Fsp3) is 0.196. The van der Waals surface area contributed by atoms with Gasteiger partial charge in [-0.15, -0.1) is 0 Å². The normalized spacial score (nSPS) is 14.3. The van der Waals surface area contributed by atoms with Crippen LogP contribution in [0.15, 0.2) is 167 Å². The van der Waals surface area contributed by atoms with Gasteiger partial charge in [-0.25, -0.2) is 0 Å². The van der Waals surface area contributed by atoms with Crippen molar-refractivity contribution in [3.8, 4) is 33.4 Å². The third-order valence-corrected chi connectivity index (χ3v) is 20.2. The molecule has 0 N–H and O–H groups in total. The summed E-state index contributed by atoms with van der Waals surface area (Å²) in [5.74, 6) is 0.408. The molecule has 0 aromatic heterocycles. The van der Waals surface area contributed by atoms with Gasteiger partial charge in [0.2, 0.25) is 0 Å². The summed E-state index contributed by atoms with van der Waals surface area (Å²) >= 11 is 10.1. The van der Waals surface area contributed by atoms with Crippen LogP contribution in [0.2, 0.25) is 10.0 Å². The van der Waals surface area contributed by atoms with Gasteiger partial charge in [0.1, 0.15) is 0 Å². The van der Waals surface area contributed by atoms with Gasteiger partial charge in [0.25, 0.3) is 0 Å². The Morgan fingerprint density at radius 2 is 1.05 bits per heavy atom. The second-order valence-electron chi connectivity index (χ2n) is 15.8. The van der Waals surface area contributed by atoms with Crippen molar-refractivity contribution in [2.24, 2.45) is 11.3 Å². The van der Waals surface area contributed by atoms with Crippen LogP contribution in [0.5, 0.6) is 0 Å². The van der Waals surface area contributed by atoms with Crippen molar-refractivity contribution >= 4 is 26.4 Å². The average molecular weight is 892 g/mol. The molecule has 2 aliphatic carbocycles. The summed E-state index contributed by atoms with van der Waals surface area (Å²) in [4.78, 5) is 0. The molecule has 0 spiro atoms. The van der Waals surface area contributed by atoms with E-state index in [1.54, 1.807) is 3.28 Å². The zero-order valence-electron chi connectivity index (χ0n) is 32.3. The predicted molar refractivity (Wildman–Crippen MR) is 229 cm³/mol. The molecule has 1 unspecified atom stereocenters. The molecule has 0 saturated carbocycles. The van der Waals surface area contributed by atoms with E-state index >= 15 is 0 Å². The van der Waals surface area contributed by atoms with Crippen LogP contribution in [0.4, 0.5) is 0 Å². The number of allylic oxidation sites excluding steroid dienone is 4. The Morgan fingerprint density at radius 1 is 0.589 bits per heavy atom. The molecule has 0 saturated heterocycles. The first-order valence-electron chi connectivity index (χ1n) is 19.3. The van der Waals surface area contributed by atoms with E-state index in [9.17, 15) is 0 Å². The number of rotatable bonds is 9. The van der Waals surface area contributed by atoms with E-state index in [0.717, 1.165) is 10.0 Å². The average Bonchev–Trinajstić information content (AvgIpc) is 3.77. The summed E-state index contributed by atoms with van der Waals surface area (Å²) in [6.45, 7) is 9.45. The molecule has 0 fully saturated rings. The summed E-state index contributed by atoms with van der Waals surface area (Å²) in [5.41, 5.74) is 14.8. The van der Waals surface area contributed by atoms with Crippen LogP contribution >= 0.6 is 23.2 Å². The predicted octanol–water partition coefficient (Wildman–Crippen LogP) is 8.97. The molecule has 2 aliphatic rings. The van der Waals surface area contributed by atoms with E-state index in [1.807, 2.05) is 0 Å². The van der Waals surface area contributed by atoms with Crippen molar-refractivity contribution in [3.05, 3.63) is 199 Å². The summed E-state index contributed by atoms with van der Waals surface area (Å²) in [5, 5.41) is 1.52. The number of hydrogen-bond donors (Lipinski definition) is 0. The van der Waals surface area contributed by atoms with E-state index in [-0.39, 0.29) is 33.9 Å². The molecule has 0 nitrogen and oxygen atoms in total. The van der Waals surface area contributed by atoms with Crippen LogP contribution in [-0.4, -0.2) is 3.21 Å². The summed E-state index contributed by atoms with van der Waals surface area (Å²) in [6, 6.07) is 53.6. The molecule has 8 rings (SSSR count). The SMILES string of the molecule is CCCCC1C=C(C(C)(C)C)C=[C]1[Zr+2](=[C](c1ccc(Cl)cc1)c1ccc(Cl)cc1)[CH]1c2cc(-c3ccccc3)ccc2-c2ccc(-c3ccccc3)cc21.[Cl-].[Cl-]. The summed E-state index contributed by atoms with van der Waals surface area (Å²) in [7, 11) is 0. The Morgan fingerprint density at radius 3 is 1.48 bits per heavy atom. The number of halogens is 4. The molecule has 56 heavy (non-hydrogen) atoms. The van der Waals surface area contributed by atoms with E-state index in [1.165, 1.54) is 83.7 Å². The van der Waals surface area contributed by atoms with Gasteiger partial charge in [-0.1, -0.05) is 0 Å². The van der Waals surface area contributed by atoms with Gasteiger partial charge in [0.15, 0.2) is 0 Å². The smallest absolute Gasteiger partial charge is 1.00 e. The van der Waals surface area contributed by atoms with Crippen molar-refractivity contribution < 1.29 is 46.1 Å². The molecule has 0 heterocycles. The minimum atomic E-state index is -3.14. The fourth-order valence-corrected chi connectivity index (χ4v) is 18.2. The minimum Gasteiger partial charge on any atom is -1.00 e. The third kappa shape index (κ3) is 8.60. The van der Waals surface area contributed by atoms with Crippen molar-refractivity contribution in [1.82, 2.24) is 0 Å². The van der Waals surface area contributed by atoms with Gasteiger partial charge < -0.3 is 24.8 Å². The molecular weight excluding hydrogens is 846 g/mol. The minimum absolute atomic E-state index is 0. The Kier molecular flexibility index (Phi) is 13.7. The molecule has 6 aromatic carbocycles. The van der Waals surface area contributed by atoms with Crippen LogP contribution in [0.3, 0.4) is 0 Å². The molecule has 6 aromatic rings. The molecule has 0 bridgehead atoms. The monoisotopic (exact) mass is 888 g/mol. The maximum atomic E-state index is 6.62. The number of unbranched alkanes of at least 4 members (excludes halogenated alkanes) is 1. The summed E-state index contributed by atoms with van der Waals surface area (Å²) < 4.78 is 3.44. The topological polar surface area (TPSA) is 0 Å². The van der Waals surface area contributed by atoms with Gasteiger partial charge >= 0.3 is 342 Å².